The second-order valence-electron chi connectivity index (χ2n) is 3.38. The molecule has 0 aromatic carbocycles. The van der Waals surface area contributed by atoms with Gasteiger partial charge >= 0.3 is 0 Å². The average Bonchev–Trinajstić information content (AvgIpc) is 2.07. The summed E-state index contributed by atoms with van der Waals surface area (Å²) in [5, 5.41) is 10.7. The molecule has 2 amide bonds. The van der Waals surface area contributed by atoms with Crippen LogP contribution in [0.15, 0.2) is 0 Å². The van der Waals surface area contributed by atoms with E-state index in [0.717, 1.165) is 0 Å². The molecule has 1 unspecified atom stereocenters. The Kier molecular flexibility index (Phi) is 5.97. The molecule has 0 saturated heterocycles. The summed E-state index contributed by atoms with van der Waals surface area (Å²) < 4.78 is 22.0. The minimum absolute atomic E-state index is 0.103. The lowest BCUT2D eigenvalue weighted by atomic mass is 10.3. The molecular formula is C8H16N3O4S. The lowest BCUT2D eigenvalue weighted by molar-refractivity contribution is -0.120. The second kappa shape index (κ2) is 6.44. The summed E-state index contributed by atoms with van der Waals surface area (Å²) in [7, 11) is -3.97. The standard InChI is InChI=1S/C8H16N3O4S/c1-6(12)10-4-3-8(16(9,14)15)5-11-7(2)13/h8-9H,3-5H2,1-2H3,(H,10,12)(H,11,13). The highest BCUT2D eigenvalue weighted by atomic mass is 32.2. The van der Waals surface area contributed by atoms with Crippen molar-refractivity contribution < 1.29 is 18.0 Å². The molecule has 93 valence electrons. The summed E-state index contributed by atoms with van der Waals surface area (Å²) in [6.45, 7) is 2.64. The van der Waals surface area contributed by atoms with E-state index >= 15 is 0 Å². The van der Waals surface area contributed by atoms with Crippen LogP contribution in [-0.4, -0.2) is 38.6 Å². The Morgan fingerprint density at radius 1 is 1.19 bits per heavy atom. The van der Waals surface area contributed by atoms with E-state index < -0.39 is 15.3 Å². The summed E-state index contributed by atoms with van der Waals surface area (Å²) in [5.41, 5.74) is 0. The van der Waals surface area contributed by atoms with Crippen molar-refractivity contribution in [3.05, 3.63) is 0 Å². The SMILES string of the molecule is CC(=O)NCCC(CNC(C)=O)S([NH])(=O)=O. The van der Waals surface area contributed by atoms with Gasteiger partial charge in [-0.1, -0.05) is 0 Å². The van der Waals surface area contributed by atoms with Crippen molar-refractivity contribution in [1.82, 2.24) is 15.8 Å². The molecule has 0 bridgehead atoms. The number of nitrogens with one attached hydrogen (secondary N) is 3. The molecular weight excluding hydrogens is 234 g/mol. The van der Waals surface area contributed by atoms with Gasteiger partial charge < -0.3 is 10.6 Å². The summed E-state index contributed by atoms with van der Waals surface area (Å²) in [6.07, 6.45) is 0.103. The molecule has 0 aliphatic heterocycles. The molecule has 1 radical (unpaired) electrons. The number of hydrogen-bond donors (Lipinski definition) is 2. The molecule has 0 spiro atoms. The molecule has 0 fully saturated rings. The number of carbonyl (C=O) groups excluding carboxylic acids is 2. The summed E-state index contributed by atoms with van der Waals surface area (Å²) in [4.78, 5) is 21.2. The van der Waals surface area contributed by atoms with Crippen molar-refractivity contribution in [2.24, 2.45) is 0 Å². The maximum atomic E-state index is 11.0. The quantitative estimate of drug-likeness (QED) is 0.605. The average molecular weight is 250 g/mol. The Hall–Kier alpha value is -1.15. The molecule has 0 saturated carbocycles. The van der Waals surface area contributed by atoms with Crippen LogP contribution in [-0.2, 0) is 19.6 Å². The van der Waals surface area contributed by atoms with Crippen LogP contribution in [0, 0.1) is 0 Å². The van der Waals surface area contributed by atoms with E-state index in [9.17, 15) is 18.0 Å². The lowest BCUT2D eigenvalue weighted by Crippen LogP contribution is -2.38. The maximum Gasteiger partial charge on any atom is 0.229 e. The second-order valence-corrected chi connectivity index (χ2v) is 5.13. The highest BCUT2D eigenvalue weighted by Gasteiger charge is 2.22. The minimum Gasteiger partial charge on any atom is -0.356 e. The van der Waals surface area contributed by atoms with Gasteiger partial charge in [0.05, 0.1) is 5.25 Å². The van der Waals surface area contributed by atoms with Crippen molar-refractivity contribution in [3.63, 3.8) is 0 Å². The van der Waals surface area contributed by atoms with Gasteiger partial charge in [-0.25, -0.2) is 8.42 Å². The fraction of sp³-hybridized carbons (Fsp3) is 0.750. The number of carbonyl (C=O) groups is 2. The molecule has 3 N–H and O–H groups in total. The third-order valence-corrected chi connectivity index (χ3v) is 3.14. The van der Waals surface area contributed by atoms with Crippen molar-refractivity contribution >= 4 is 21.8 Å². The fourth-order valence-corrected chi connectivity index (χ4v) is 1.76. The van der Waals surface area contributed by atoms with Gasteiger partial charge in [0.25, 0.3) is 0 Å². The minimum atomic E-state index is -3.97. The van der Waals surface area contributed by atoms with Crippen LogP contribution in [0.2, 0.25) is 0 Å². The van der Waals surface area contributed by atoms with E-state index in [-0.39, 0.29) is 31.3 Å². The highest BCUT2D eigenvalue weighted by Crippen LogP contribution is 2.01. The Balaban J connectivity index is 4.23. The highest BCUT2D eigenvalue weighted by molar-refractivity contribution is 7.89. The topological polar surface area (TPSA) is 116 Å². The van der Waals surface area contributed by atoms with Crippen LogP contribution >= 0.6 is 0 Å². The summed E-state index contributed by atoms with van der Waals surface area (Å²) >= 11 is 0. The normalized spacial score (nSPS) is 12.9. The Bertz CT molecular complexity index is 352. The van der Waals surface area contributed by atoms with Crippen molar-refractivity contribution in [1.29, 1.82) is 0 Å². The first-order chi connectivity index (χ1) is 7.23. The molecule has 0 aliphatic carbocycles. The molecule has 0 heterocycles. The molecule has 0 aromatic heterocycles. The van der Waals surface area contributed by atoms with Gasteiger partial charge in [-0.05, 0) is 6.42 Å². The van der Waals surface area contributed by atoms with Crippen molar-refractivity contribution in [3.8, 4) is 0 Å². The van der Waals surface area contributed by atoms with E-state index in [0.29, 0.717) is 0 Å². The smallest absolute Gasteiger partial charge is 0.229 e. The molecule has 8 heteroatoms. The van der Waals surface area contributed by atoms with Crippen molar-refractivity contribution in [2.45, 2.75) is 25.5 Å². The third kappa shape index (κ3) is 7.18. The van der Waals surface area contributed by atoms with Gasteiger partial charge in [0.1, 0.15) is 0 Å². The van der Waals surface area contributed by atoms with Crippen molar-refractivity contribution in [2.75, 3.05) is 13.1 Å². The molecule has 1 atom stereocenters. The van der Waals surface area contributed by atoms with E-state index in [1.54, 1.807) is 0 Å². The van der Waals surface area contributed by atoms with Crippen LogP contribution in [0.3, 0.4) is 0 Å². The van der Waals surface area contributed by atoms with Crippen LogP contribution in [0.4, 0.5) is 0 Å². The summed E-state index contributed by atoms with van der Waals surface area (Å²) in [6, 6.07) is 0. The Morgan fingerprint density at radius 3 is 2.06 bits per heavy atom. The van der Waals surface area contributed by atoms with E-state index in [1.165, 1.54) is 13.8 Å². The molecule has 7 nitrogen and oxygen atoms in total. The first-order valence-electron chi connectivity index (χ1n) is 4.71. The Morgan fingerprint density at radius 2 is 1.69 bits per heavy atom. The molecule has 0 rings (SSSR count). The number of hydrogen-bond acceptors (Lipinski definition) is 4. The van der Waals surface area contributed by atoms with Crippen LogP contribution in [0.25, 0.3) is 0 Å². The summed E-state index contributed by atoms with van der Waals surface area (Å²) in [5.74, 6) is -0.617. The van der Waals surface area contributed by atoms with Gasteiger partial charge in [-0.2, -0.15) is 0 Å². The van der Waals surface area contributed by atoms with Crippen LogP contribution < -0.4 is 15.8 Å². The molecule has 0 aromatic rings. The number of amides is 2. The molecule has 16 heavy (non-hydrogen) atoms. The first-order valence-corrected chi connectivity index (χ1v) is 6.25. The zero-order valence-electron chi connectivity index (χ0n) is 9.24. The van der Waals surface area contributed by atoms with Gasteiger partial charge in [-0.3, -0.25) is 9.59 Å². The van der Waals surface area contributed by atoms with E-state index in [2.05, 4.69) is 10.6 Å². The largest absolute Gasteiger partial charge is 0.356 e. The van der Waals surface area contributed by atoms with Gasteiger partial charge in [0, 0.05) is 26.9 Å². The zero-order valence-corrected chi connectivity index (χ0v) is 10.1. The fourth-order valence-electron chi connectivity index (χ4n) is 1.03. The van der Waals surface area contributed by atoms with Crippen LogP contribution in [0.5, 0.6) is 0 Å². The zero-order chi connectivity index (χ0) is 12.8. The predicted octanol–water partition coefficient (Wildman–Crippen LogP) is -1.37. The molecule has 0 aliphatic rings. The maximum absolute atomic E-state index is 11.0. The van der Waals surface area contributed by atoms with Gasteiger partial charge in [-0.15, -0.1) is 5.14 Å². The first kappa shape index (κ1) is 14.8. The lowest BCUT2D eigenvalue weighted by Gasteiger charge is -2.14. The monoisotopic (exact) mass is 250 g/mol. The number of sulfonamides is 1. The van der Waals surface area contributed by atoms with Crippen LogP contribution in [0.1, 0.15) is 20.3 Å². The van der Waals surface area contributed by atoms with E-state index in [4.69, 9.17) is 5.14 Å². The predicted molar refractivity (Wildman–Crippen MR) is 57.8 cm³/mol. The third-order valence-electron chi connectivity index (χ3n) is 1.86. The van der Waals surface area contributed by atoms with E-state index in [1.807, 2.05) is 0 Å². The Labute approximate surface area is 94.8 Å². The van der Waals surface area contributed by atoms with Gasteiger partial charge in [0.15, 0.2) is 0 Å². The van der Waals surface area contributed by atoms with Gasteiger partial charge in [0.2, 0.25) is 21.8 Å². The number of rotatable bonds is 6.